The van der Waals surface area contributed by atoms with Crippen molar-refractivity contribution in [1.29, 1.82) is 5.26 Å². The molecule has 3 heterocycles. The number of nitriles is 1. The van der Waals surface area contributed by atoms with Crippen molar-refractivity contribution < 1.29 is 14.3 Å². The fraction of sp³-hybridized carbons (Fsp3) is 0.429. The summed E-state index contributed by atoms with van der Waals surface area (Å²) in [7, 11) is 1.61. The van der Waals surface area contributed by atoms with Gasteiger partial charge in [-0.25, -0.2) is 0 Å². The Kier molecular flexibility index (Phi) is 8.61. The van der Waals surface area contributed by atoms with Gasteiger partial charge in [0, 0.05) is 25.2 Å². The maximum absolute atomic E-state index is 13.5. The molecule has 2 fully saturated rings. The lowest BCUT2D eigenvalue weighted by Gasteiger charge is -2.39. The van der Waals surface area contributed by atoms with Gasteiger partial charge in [-0.15, -0.1) is 0 Å². The van der Waals surface area contributed by atoms with Gasteiger partial charge in [0.15, 0.2) is 0 Å². The van der Waals surface area contributed by atoms with Gasteiger partial charge in [0.25, 0.3) is 11.5 Å². The van der Waals surface area contributed by atoms with E-state index in [0.29, 0.717) is 46.5 Å². The number of carbonyl (C=O) groups excluding carboxylic acids is 1. The van der Waals surface area contributed by atoms with Crippen LogP contribution in [0.3, 0.4) is 0 Å². The molecule has 8 nitrogen and oxygen atoms in total. The summed E-state index contributed by atoms with van der Waals surface area (Å²) in [5.41, 5.74) is 1.97. The zero-order valence-corrected chi connectivity index (χ0v) is 23.9. The van der Waals surface area contributed by atoms with Crippen molar-refractivity contribution in [2.45, 2.75) is 59.4 Å². The molecule has 1 amide bonds. The Morgan fingerprint density at radius 2 is 1.87 bits per heavy atom. The number of rotatable bonds is 7. The molecule has 2 unspecified atom stereocenters. The van der Waals surface area contributed by atoms with Gasteiger partial charge in [-0.3, -0.25) is 19.1 Å². The highest BCUT2D eigenvalue weighted by Gasteiger charge is 2.34. The third kappa shape index (κ3) is 5.51. The van der Waals surface area contributed by atoms with Gasteiger partial charge < -0.3 is 14.4 Å². The minimum absolute atomic E-state index is 0.0320. The highest BCUT2D eigenvalue weighted by Crippen LogP contribution is 2.37. The summed E-state index contributed by atoms with van der Waals surface area (Å²) in [6.45, 7) is 9.78. The molecule has 0 bridgehead atoms. The molecule has 0 spiro atoms. The summed E-state index contributed by atoms with van der Waals surface area (Å²) in [6, 6.07) is 9.62. The molecule has 0 N–H and O–H groups in total. The van der Waals surface area contributed by atoms with Crippen molar-refractivity contribution in [3.63, 3.8) is 0 Å². The number of amides is 1. The lowest BCUT2D eigenvalue weighted by Crippen LogP contribution is -2.48. The third-order valence-electron chi connectivity index (χ3n) is 6.66. The Balaban J connectivity index is 1.80. The molecule has 2 saturated heterocycles. The van der Waals surface area contributed by atoms with Crippen molar-refractivity contribution in [2.24, 2.45) is 0 Å². The summed E-state index contributed by atoms with van der Waals surface area (Å²) >= 11 is 6.82. The van der Waals surface area contributed by atoms with Crippen LogP contribution in [0, 0.1) is 18.3 Å². The molecule has 38 heavy (non-hydrogen) atoms. The van der Waals surface area contributed by atoms with Gasteiger partial charge >= 0.3 is 0 Å². The van der Waals surface area contributed by atoms with Crippen LogP contribution in [-0.4, -0.2) is 52.1 Å². The van der Waals surface area contributed by atoms with E-state index in [4.69, 9.17) is 21.7 Å². The number of benzene rings is 1. The number of anilines is 1. The Hall–Kier alpha value is -3.13. The third-order valence-corrected chi connectivity index (χ3v) is 8.04. The second-order valence-corrected chi connectivity index (χ2v) is 11.3. The number of ether oxygens (including phenoxy) is 2. The van der Waals surface area contributed by atoms with Crippen LogP contribution >= 0.6 is 24.0 Å². The highest BCUT2D eigenvalue weighted by atomic mass is 32.2. The smallest absolute Gasteiger partial charge is 0.270 e. The van der Waals surface area contributed by atoms with Crippen molar-refractivity contribution in [3.05, 3.63) is 61.8 Å². The van der Waals surface area contributed by atoms with E-state index in [1.54, 1.807) is 29.6 Å². The zero-order chi connectivity index (χ0) is 27.6. The van der Waals surface area contributed by atoms with Gasteiger partial charge in [-0.1, -0.05) is 43.0 Å². The molecular formula is C28H32N4O4S2. The number of hydrogen-bond donors (Lipinski definition) is 0. The Morgan fingerprint density at radius 3 is 2.45 bits per heavy atom. The largest absolute Gasteiger partial charge is 0.497 e. The molecule has 0 aliphatic carbocycles. The number of hydrogen-bond acceptors (Lipinski definition) is 8. The number of nitrogens with zero attached hydrogens (tertiary/aromatic N) is 4. The maximum Gasteiger partial charge on any atom is 0.270 e. The topological polar surface area (TPSA) is 87.8 Å². The molecule has 2 atom stereocenters. The number of thioether (sulfide) groups is 1. The van der Waals surface area contributed by atoms with E-state index in [-0.39, 0.29) is 29.2 Å². The molecule has 10 heteroatoms. The van der Waals surface area contributed by atoms with Crippen LogP contribution in [-0.2, 0) is 22.6 Å². The van der Waals surface area contributed by atoms with E-state index < -0.39 is 0 Å². The van der Waals surface area contributed by atoms with E-state index in [1.807, 2.05) is 45.0 Å². The second-order valence-electron chi connectivity index (χ2n) is 9.58. The van der Waals surface area contributed by atoms with Crippen LogP contribution in [0.1, 0.15) is 49.4 Å². The van der Waals surface area contributed by atoms with Crippen molar-refractivity contribution in [2.75, 3.05) is 25.1 Å². The average molecular weight is 553 g/mol. The molecule has 2 aliphatic rings. The van der Waals surface area contributed by atoms with Crippen LogP contribution < -0.4 is 15.2 Å². The minimum atomic E-state index is -0.308. The predicted octanol–water partition coefficient (Wildman–Crippen LogP) is 4.46. The van der Waals surface area contributed by atoms with E-state index in [9.17, 15) is 14.9 Å². The fourth-order valence-corrected chi connectivity index (χ4v) is 6.18. The first-order chi connectivity index (χ1) is 18.2. The van der Waals surface area contributed by atoms with Crippen molar-refractivity contribution >= 4 is 46.1 Å². The lowest BCUT2D eigenvalue weighted by molar-refractivity contribution is -0.122. The Morgan fingerprint density at radius 1 is 1.21 bits per heavy atom. The van der Waals surface area contributed by atoms with Crippen LogP contribution in [0.2, 0.25) is 0 Å². The summed E-state index contributed by atoms with van der Waals surface area (Å²) in [5.74, 6) is 1.26. The second kappa shape index (κ2) is 11.7. The normalized spacial score (nSPS) is 20.8. The summed E-state index contributed by atoms with van der Waals surface area (Å²) in [4.78, 5) is 31.1. The highest BCUT2D eigenvalue weighted by molar-refractivity contribution is 8.26. The summed E-state index contributed by atoms with van der Waals surface area (Å²) in [5, 5.41) is 9.87. The van der Waals surface area contributed by atoms with E-state index in [2.05, 4.69) is 11.0 Å². The molecular weight excluding hydrogens is 520 g/mol. The maximum atomic E-state index is 13.5. The number of pyridine rings is 1. The number of methoxy groups -OCH3 is 1. The zero-order valence-electron chi connectivity index (χ0n) is 22.3. The SMILES string of the molecule is CCCn1c(N2CC(C)OC(C)C2)c(/C=C2\SC(=S)N(Cc3ccc(OC)cc3)C2=O)c(C)c(C#N)c1=O. The fourth-order valence-electron chi connectivity index (χ4n) is 4.95. The van der Waals surface area contributed by atoms with Crippen LogP contribution in [0.4, 0.5) is 5.82 Å². The first-order valence-corrected chi connectivity index (χ1v) is 13.9. The first kappa shape index (κ1) is 27.9. The molecule has 200 valence electrons. The summed E-state index contributed by atoms with van der Waals surface area (Å²) < 4.78 is 13.3. The number of carbonyl (C=O) groups is 1. The van der Waals surface area contributed by atoms with Gasteiger partial charge in [-0.05, 0) is 56.5 Å². The van der Waals surface area contributed by atoms with Crippen LogP contribution in [0.15, 0.2) is 34.0 Å². The van der Waals surface area contributed by atoms with E-state index >= 15 is 0 Å². The molecule has 2 aromatic rings. The number of thiocarbonyl (C=S) groups is 1. The molecule has 2 aliphatic heterocycles. The summed E-state index contributed by atoms with van der Waals surface area (Å²) in [6.07, 6.45) is 2.46. The first-order valence-electron chi connectivity index (χ1n) is 12.6. The molecule has 1 aromatic heterocycles. The molecule has 4 rings (SSSR count). The van der Waals surface area contributed by atoms with E-state index in [1.165, 1.54) is 11.8 Å². The average Bonchev–Trinajstić information content (AvgIpc) is 3.14. The van der Waals surface area contributed by atoms with Crippen molar-refractivity contribution in [3.8, 4) is 11.8 Å². The monoisotopic (exact) mass is 552 g/mol. The van der Waals surface area contributed by atoms with E-state index in [0.717, 1.165) is 23.6 Å². The number of morpholine rings is 1. The van der Waals surface area contributed by atoms with Gasteiger partial charge in [0.1, 0.15) is 27.5 Å². The van der Waals surface area contributed by atoms with Crippen molar-refractivity contribution in [1.82, 2.24) is 9.47 Å². The van der Waals surface area contributed by atoms with Crippen LogP contribution in [0.5, 0.6) is 5.75 Å². The lowest BCUT2D eigenvalue weighted by atomic mass is 10.0. The van der Waals surface area contributed by atoms with Gasteiger partial charge in [-0.2, -0.15) is 5.26 Å². The molecule has 1 aromatic carbocycles. The Bertz CT molecular complexity index is 1370. The standard InChI is InChI=1S/C28H32N4O4S2/c1-6-11-31-25(30-14-17(2)36-18(3)15-30)22(19(4)23(13-29)26(31)33)12-24-27(34)32(28(37)38-24)16-20-7-9-21(35-5)10-8-20/h7-10,12,17-18H,6,11,14-16H2,1-5H3/b24-12-. The predicted molar refractivity (Wildman–Crippen MR) is 154 cm³/mol. The molecule has 0 saturated carbocycles. The minimum Gasteiger partial charge on any atom is -0.497 e. The number of aromatic nitrogens is 1. The van der Waals surface area contributed by atoms with Crippen LogP contribution in [0.25, 0.3) is 6.08 Å². The van der Waals surface area contributed by atoms with Gasteiger partial charge in [0.2, 0.25) is 0 Å². The van der Waals surface area contributed by atoms with Gasteiger partial charge in [0.05, 0.1) is 30.8 Å². The molecule has 0 radical (unpaired) electrons. The quantitative estimate of drug-likeness (QED) is 0.368. The Labute approximate surface area is 232 Å².